The number of aromatic amines is 1. The van der Waals surface area contributed by atoms with Gasteiger partial charge >= 0.3 is 5.97 Å². The van der Waals surface area contributed by atoms with E-state index in [4.69, 9.17) is 4.74 Å². The maximum absolute atomic E-state index is 12.0. The number of esters is 1. The van der Waals surface area contributed by atoms with Gasteiger partial charge in [-0.05, 0) is 36.1 Å². The molecule has 1 amide bonds. The molecule has 0 saturated heterocycles. The first-order valence-electron chi connectivity index (χ1n) is 7.19. The highest BCUT2D eigenvalue weighted by Gasteiger charge is 2.14. The van der Waals surface area contributed by atoms with E-state index in [0.717, 1.165) is 16.8 Å². The Hall–Kier alpha value is -2.56. The summed E-state index contributed by atoms with van der Waals surface area (Å²) in [7, 11) is 0. The molecule has 0 unspecified atom stereocenters. The minimum Gasteiger partial charge on any atom is -0.451 e. The number of para-hydroxylation sites is 1. The van der Waals surface area contributed by atoms with Crippen molar-refractivity contribution in [3.8, 4) is 0 Å². The average molecular weight is 300 g/mol. The molecule has 0 radical (unpaired) electrons. The van der Waals surface area contributed by atoms with Crippen LogP contribution in [0.15, 0.2) is 36.5 Å². The third kappa shape index (κ3) is 3.75. The van der Waals surface area contributed by atoms with Crippen LogP contribution in [0.3, 0.4) is 0 Å². The van der Waals surface area contributed by atoms with Gasteiger partial charge in [0, 0.05) is 11.9 Å². The lowest BCUT2D eigenvalue weighted by atomic mass is 9.98. The Morgan fingerprint density at radius 1 is 1.23 bits per heavy atom. The number of hydrogen-bond donors (Lipinski definition) is 2. The molecule has 1 aromatic heterocycles. The molecule has 0 saturated carbocycles. The minimum atomic E-state index is -0.547. The van der Waals surface area contributed by atoms with Gasteiger partial charge in [0.1, 0.15) is 5.69 Å². The van der Waals surface area contributed by atoms with E-state index in [1.54, 1.807) is 18.3 Å². The van der Waals surface area contributed by atoms with Crippen LogP contribution in [0, 0.1) is 6.92 Å². The van der Waals surface area contributed by atoms with Gasteiger partial charge in [0.15, 0.2) is 6.61 Å². The van der Waals surface area contributed by atoms with E-state index >= 15 is 0 Å². The second-order valence-corrected chi connectivity index (χ2v) is 5.40. The minimum absolute atomic E-state index is 0.289. The largest absolute Gasteiger partial charge is 0.451 e. The molecular weight excluding hydrogens is 280 g/mol. The molecule has 0 atom stereocenters. The number of carbonyl (C=O) groups excluding carboxylic acids is 2. The fourth-order valence-electron chi connectivity index (χ4n) is 2.18. The van der Waals surface area contributed by atoms with E-state index < -0.39 is 5.97 Å². The number of amides is 1. The van der Waals surface area contributed by atoms with Crippen molar-refractivity contribution in [2.45, 2.75) is 26.7 Å². The molecule has 1 heterocycles. The second kappa shape index (κ2) is 6.93. The number of carbonyl (C=O) groups is 2. The van der Waals surface area contributed by atoms with Crippen LogP contribution in [0.4, 0.5) is 5.69 Å². The molecule has 116 valence electrons. The molecule has 0 aliphatic carbocycles. The lowest BCUT2D eigenvalue weighted by molar-refractivity contribution is -0.119. The Kier molecular flexibility index (Phi) is 4.99. The monoisotopic (exact) mass is 300 g/mol. The summed E-state index contributed by atoms with van der Waals surface area (Å²) in [4.78, 5) is 26.4. The summed E-state index contributed by atoms with van der Waals surface area (Å²) in [6.07, 6.45) is 1.62. The molecule has 22 heavy (non-hydrogen) atoms. The van der Waals surface area contributed by atoms with Gasteiger partial charge in [0.2, 0.25) is 0 Å². The van der Waals surface area contributed by atoms with Crippen LogP contribution in [0.2, 0.25) is 0 Å². The average Bonchev–Trinajstić information content (AvgIpc) is 3.01. The van der Waals surface area contributed by atoms with E-state index in [1.807, 2.05) is 25.1 Å². The molecule has 5 heteroatoms. The van der Waals surface area contributed by atoms with Crippen molar-refractivity contribution in [2.75, 3.05) is 11.9 Å². The highest BCUT2D eigenvalue weighted by molar-refractivity contribution is 5.96. The number of H-pyrrole nitrogens is 1. The topological polar surface area (TPSA) is 71.2 Å². The van der Waals surface area contributed by atoms with Gasteiger partial charge in [-0.15, -0.1) is 0 Å². The predicted molar refractivity (Wildman–Crippen MR) is 85.0 cm³/mol. The lowest BCUT2D eigenvalue weighted by Gasteiger charge is -2.16. The smallest absolute Gasteiger partial charge is 0.355 e. The first-order chi connectivity index (χ1) is 10.5. The van der Waals surface area contributed by atoms with Gasteiger partial charge in [-0.25, -0.2) is 4.79 Å². The lowest BCUT2D eigenvalue weighted by Crippen LogP contribution is -2.22. The summed E-state index contributed by atoms with van der Waals surface area (Å²) in [6.45, 7) is 5.75. The van der Waals surface area contributed by atoms with Gasteiger partial charge in [-0.3, -0.25) is 4.79 Å². The quantitative estimate of drug-likeness (QED) is 0.833. The summed E-state index contributed by atoms with van der Waals surface area (Å²) in [5, 5.41) is 2.83. The number of ether oxygens (including phenoxy) is 1. The number of aromatic nitrogens is 1. The van der Waals surface area contributed by atoms with Gasteiger partial charge in [-0.1, -0.05) is 32.0 Å². The van der Waals surface area contributed by atoms with Gasteiger partial charge in [-0.2, -0.15) is 0 Å². The molecule has 0 fully saturated rings. The normalized spacial score (nSPS) is 10.5. The summed E-state index contributed by atoms with van der Waals surface area (Å²) >= 11 is 0. The first-order valence-corrected chi connectivity index (χ1v) is 7.19. The fourth-order valence-corrected chi connectivity index (χ4v) is 2.18. The number of aryl methyl sites for hydroxylation is 1. The van der Waals surface area contributed by atoms with Crippen molar-refractivity contribution in [1.82, 2.24) is 4.98 Å². The summed E-state index contributed by atoms with van der Waals surface area (Å²) in [6, 6.07) is 9.17. The van der Waals surface area contributed by atoms with Crippen molar-refractivity contribution >= 4 is 17.6 Å². The van der Waals surface area contributed by atoms with Crippen LogP contribution >= 0.6 is 0 Å². The van der Waals surface area contributed by atoms with E-state index in [0.29, 0.717) is 5.69 Å². The van der Waals surface area contributed by atoms with Crippen LogP contribution < -0.4 is 5.32 Å². The Morgan fingerprint density at radius 3 is 2.64 bits per heavy atom. The van der Waals surface area contributed by atoms with Crippen molar-refractivity contribution in [1.29, 1.82) is 0 Å². The Balaban J connectivity index is 1.99. The van der Waals surface area contributed by atoms with Crippen LogP contribution in [0.25, 0.3) is 0 Å². The van der Waals surface area contributed by atoms with Crippen LogP contribution in [-0.4, -0.2) is 23.5 Å². The third-order valence-corrected chi connectivity index (χ3v) is 3.34. The summed E-state index contributed by atoms with van der Waals surface area (Å²) in [5.74, 6) is -0.609. The first kappa shape index (κ1) is 15.8. The van der Waals surface area contributed by atoms with Crippen LogP contribution in [-0.2, 0) is 9.53 Å². The predicted octanol–water partition coefficient (Wildman–Crippen LogP) is 3.24. The Bertz CT molecular complexity index is 661. The Morgan fingerprint density at radius 2 is 2.00 bits per heavy atom. The highest BCUT2D eigenvalue weighted by Crippen LogP contribution is 2.27. The zero-order chi connectivity index (χ0) is 16.1. The SMILES string of the molecule is Cc1cccc(C(C)C)c1NC(=O)COC(=O)c1ccc[nH]1. The summed E-state index contributed by atoms with van der Waals surface area (Å²) < 4.78 is 4.98. The van der Waals surface area contributed by atoms with E-state index in [9.17, 15) is 9.59 Å². The van der Waals surface area contributed by atoms with E-state index in [2.05, 4.69) is 24.1 Å². The van der Waals surface area contributed by atoms with Gasteiger partial charge < -0.3 is 15.0 Å². The van der Waals surface area contributed by atoms with Crippen LogP contribution in [0.5, 0.6) is 0 Å². The molecule has 0 bridgehead atoms. The van der Waals surface area contributed by atoms with Crippen LogP contribution in [0.1, 0.15) is 41.4 Å². The van der Waals surface area contributed by atoms with Crippen molar-refractivity contribution in [2.24, 2.45) is 0 Å². The molecule has 0 aliphatic heterocycles. The van der Waals surface area contributed by atoms with E-state index in [-0.39, 0.29) is 18.4 Å². The molecule has 2 N–H and O–H groups in total. The maximum Gasteiger partial charge on any atom is 0.355 e. The van der Waals surface area contributed by atoms with Gasteiger partial charge in [0.05, 0.1) is 0 Å². The summed E-state index contributed by atoms with van der Waals surface area (Å²) in [5.41, 5.74) is 3.16. The number of nitrogens with one attached hydrogen (secondary N) is 2. The molecule has 2 aromatic rings. The molecule has 0 spiro atoms. The number of benzene rings is 1. The number of anilines is 1. The molecular formula is C17H20N2O3. The zero-order valence-corrected chi connectivity index (χ0v) is 13.0. The number of hydrogen-bond acceptors (Lipinski definition) is 3. The molecule has 0 aliphatic rings. The molecule has 1 aromatic carbocycles. The Labute approximate surface area is 129 Å². The maximum atomic E-state index is 12.0. The van der Waals surface area contributed by atoms with Gasteiger partial charge in [0.25, 0.3) is 5.91 Å². The van der Waals surface area contributed by atoms with Crippen molar-refractivity contribution in [3.05, 3.63) is 53.3 Å². The fraction of sp³-hybridized carbons (Fsp3) is 0.294. The molecule has 2 rings (SSSR count). The highest BCUT2D eigenvalue weighted by atomic mass is 16.5. The number of rotatable bonds is 5. The van der Waals surface area contributed by atoms with E-state index in [1.165, 1.54) is 0 Å². The zero-order valence-electron chi connectivity index (χ0n) is 13.0. The van der Waals surface area contributed by atoms with Crippen molar-refractivity contribution < 1.29 is 14.3 Å². The third-order valence-electron chi connectivity index (χ3n) is 3.34. The second-order valence-electron chi connectivity index (χ2n) is 5.40. The molecule has 5 nitrogen and oxygen atoms in total. The van der Waals surface area contributed by atoms with Crippen molar-refractivity contribution in [3.63, 3.8) is 0 Å². The standard InChI is InChI=1S/C17H20N2O3/c1-11(2)13-7-4-6-12(3)16(13)19-15(20)10-22-17(21)14-8-5-9-18-14/h4-9,11,18H,10H2,1-3H3,(H,19,20).